The number of nitro groups is 1. The number of anilines is 1. The fourth-order valence-corrected chi connectivity index (χ4v) is 4.00. The Kier molecular flexibility index (Phi) is 5.29. The van der Waals surface area contributed by atoms with Gasteiger partial charge < -0.3 is 10.6 Å². The molecule has 3 rings (SSSR count). The van der Waals surface area contributed by atoms with E-state index >= 15 is 0 Å². The molecule has 2 heterocycles. The summed E-state index contributed by atoms with van der Waals surface area (Å²) < 4.78 is 0. The summed E-state index contributed by atoms with van der Waals surface area (Å²) in [5.41, 5.74) is 1.60. The highest BCUT2D eigenvalue weighted by Gasteiger charge is 2.16. The number of amides is 1. The predicted molar refractivity (Wildman–Crippen MR) is 104 cm³/mol. The Morgan fingerprint density at radius 1 is 1.31 bits per heavy atom. The van der Waals surface area contributed by atoms with E-state index < -0.39 is 4.92 Å². The maximum absolute atomic E-state index is 12.5. The van der Waals surface area contributed by atoms with Crippen LogP contribution in [0.5, 0.6) is 0 Å². The number of hydrogen-bond acceptors (Lipinski definition) is 7. The number of carbonyl (C=O) groups is 1. The lowest BCUT2D eigenvalue weighted by Crippen LogP contribution is -2.23. The van der Waals surface area contributed by atoms with E-state index in [1.807, 2.05) is 24.4 Å². The third kappa shape index (κ3) is 3.89. The van der Waals surface area contributed by atoms with Gasteiger partial charge in [-0.15, -0.1) is 22.7 Å². The van der Waals surface area contributed by atoms with Gasteiger partial charge >= 0.3 is 0 Å². The van der Waals surface area contributed by atoms with Gasteiger partial charge in [0.25, 0.3) is 11.6 Å². The Bertz CT molecular complexity index is 965. The van der Waals surface area contributed by atoms with Crippen LogP contribution in [0.25, 0.3) is 10.6 Å². The monoisotopic (exact) mass is 388 g/mol. The summed E-state index contributed by atoms with van der Waals surface area (Å²) in [6, 6.07) is 8.10. The van der Waals surface area contributed by atoms with Crippen LogP contribution in [0.15, 0.2) is 35.7 Å². The molecule has 9 heteroatoms. The summed E-state index contributed by atoms with van der Waals surface area (Å²) in [7, 11) is 1.67. The molecule has 0 radical (unpaired) electrons. The smallest absolute Gasteiger partial charge is 0.270 e. The second-order valence-electron chi connectivity index (χ2n) is 5.44. The Morgan fingerprint density at radius 3 is 2.77 bits per heavy atom. The van der Waals surface area contributed by atoms with E-state index in [-0.39, 0.29) is 17.2 Å². The van der Waals surface area contributed by atoms with Crippen molar-refractivity contribution in [3.05, 3.63) is 61.3 Å². The van der Waals surface area contributed by atoms with Gasteiger partial charge in [0.15, 0.2) is 0 Å². The van der Waals surface area contributed by atoms with Gasteiger partial charge in [-0.05, 0) is 25.1 Å². The van der Waals surface area contributed by atoms with Crippen LogP contribution in [0, 0.1) is 17.0 Å². The Labute approximate surface area is 157 Å². The van der Waals surface area contributed by atoms with E-state index in [9.17, 15) is 14.9 Å². The van der Waals surface area contributed by atoms with Crippen LogP contribution in [-0.2, 0) is 6.54 Å². The van der Waals surface area contributed by atoms with E-state index in [4.69, 9.17) is 0 Å². The van der Waals surface area contributed by atoms with Gasteiger partial charge in [-0.2, -0.15) is 0 Å². The lowest BCUT2D eigenvalue weighted by Gasteiger charge is -2.09. The third-order valence-electron chi connectivity index (χ3n) is 3.68. The van der Waals surface area contributed by atoms with E-state index in [1.165, 1.54) is 18.2 Å². The number of thiazole rings is 1. The molecule has 2 N–H and O–H groups in total. The number of hydrogen-bond donors (Lipinski definition) is 2. The number of nitrogens with one attached hydrogen (secondary N) is 2. The standard InChI is InChI=1S/C17H16N4O3S2/c1-10-20-15(9-25-10)16-6-4-12(26-16)8-19-17(22)13-7-11(21(23)24)3-5-14(13)18-2/h3-7,9,18H,8H2,1-2H3,(H,19,22). The molecule has 7 nitrogen and oxygen atoms in total. The van der Waals surface area contributed by atoms with Crippen molar-refractivity contribution < 1.29 is 9.72 Å². The molecule has 0 spiro atoms. The van der Waals surface area contributed by atoms with Gasteiger partial charge in [0.2, 0.25) is 0 Å². The number of non-ortho nitro benzene ring substituents is 1. The van der Waals surface area contributed by atoms with Gasteiger partial charge in [-0.3, -0.25) is 14.9 Å². The second kappa shape index (κ2) is 7.63. The molecule has 0 atom stereocenters. The molecule has 0 unspecified atom stereocenters. The van der Waals surface area contributed by atoms with Gasteiger partial charge in [0.1, 0.15) is 0 Å². The van der Waals surface area contributed by atoms with E-state index in [0.29, 0.717) is 12.2 Å². The summed E-state index contributed by atoms with van der Waals surface area (Å²) in [4.78, 5) is 29.4. The molecule has 1 aromatic carbocycles. The number of aromatic nitrogens is 1. The Morgan fingerprint density at radius 2 is 2.12 bits per heavy atom. The van der Waals surface area contributed by atoms with Gasteiger partial charge in [-0.1, -0.05) is 0 Å². The highest BCUT2D eigenvalue weighted by molar-refractivity contribution is 7.16. The molecule has 0 saturated heterocycles. The average molecular weight is 388 g/mol. The third-order valence-corrected chi connectivity index (χ3v) is 5.57. The minimum atomic E-state index is -0.516. The zero-order valence-corrected chi connectivity index (χ0v) is 15.7. The maximum atomic E-state index is 12.5. The van der Waals surface area contributed by atoms with Crippen LogP contribution in [0.3, 0.4) is 0 Å². The molecule has 0 aliphatic rings. The Balaban J connectivity index is 1.72. The summed E-state index contributed by atoms with van der Waals surface area (Å²) in [6.45, 7) is 2.31. The molecule has 3 aromatic rings. The number of nitrogens with zero attached hydrogens (tertiary/aromatic N) is 2. The van der Waals surface area contributed by atoms with Crippen molar-refractivity contribution in [3.63, 3.8) is 0 Å². The molecule has 1 amide bonds. The largest absolute Gasteiger partial charge is 0.387 e. The van der Waals surface area contributed by atoms with Gasteiger partial charge in [0, 0.05) is 35.1 Å². The topological polar surface area (TPSA) is 97.2 Å². The lowest BCUT2D eigenvalue weighted by molar-refractivity contribution is -0.384. The fourth-order valence-electron chi connectivity index (χ4n) is 2.40. The fraction of sp³-hybridized carbons (Fsp3) is 0.176. The molecule has 134 valence electrons. The van der Waals surface area contributed by atoms with Crippen molar-refractivity contribution in [3.8, 4) is 10.6 Å². The molecule has 0 bridgehead atoms. The first-order valence-corrected chi connectivity index (χ1v) is 9.43. The van der Waals surface area contributed by atoms with E-state index in [0.717, 1.165) is 20.5 Å². The summed E-state index contributed by atoms with van der Waals surface area (Å²) in [6.07, 6.45) is 0. The number of nitro benzene ring substituents is 1. The number of rotatable bonds is 6. The molecule has 0 fully saturated rings. The van der Waals surface area contributed by atoms with Crippen molar-refractivity contribution in [2.24, 2.45) is 0 Å². The highest BCUT2D eigenvalue weighted by atomic mass is 32.1. The number of benzene rings is 1. The van der Waals surface area contributed by atoms with Gasteiger partial charge in [-0.25, -0.2) is 4.98 Å². The van der Waals surface area contributed by atoms with Crippen molar-refractivity contribution in [2.45, 2.75) is 13.5 Å². The van der Waals surface area contributed by atoms with Crippen LogP contribution < -0.4 is 10.6 Å². The van der Waals surface area contributed by atoms with Crippen molar-refractivity contribution >= 4 is 40.0 Å². The SMILES string of the molecule is CNc1ccc([N+](=O)[O-])cc1C(=O)NCc1ccc(-c2csc(C)n2)s1. The summed E-state index contributed by atoms with van der Waals surface area (Å²) in [5.74, 6) is -0.363. The minimum absolute atomic E-state index is 0.119. The molecule has 26 heavy (non-hydrogen) atoms. The Hall–Kier alpha value is -2.78. The number of carbonyl (C=O) groups excluding carboxylic acids is 1. The number of aryl methyl sites for hydroxylation is 1. The molecular weight excluding hydrogens is 372 g/mol. The molecule has 0 saturated carbocycles. The maximum Gasteiger partial charge on any atom is 0.270 e. The molecular formula is C17H16N4O3S2. The zero-order valence-electron chi connectivity index (χ0n) is 14.1. The first-order valence-electron chi connectivity index (χ1n) is 7.73. The first kappa shape index (κ1) is 18.0. The van der Waals surface area contributed by atoms with Crippen LogP contribution in [-0.4, -0.2) is 22.9 Å². The molecule has 0 aliphatic carbocycles. The second-order valence-corrected chi connectivity index (χ2v) is 7.67. The number of thiophene rings is 1. The van der Waals surface area contributed by atoms with Crippen LogP contribution in [0.4, 0.5) is 11.4 Å². The van der Waals surface area contributed by atoms with Crippen LogP contribution in [0.1, 0.15) is 20.2 Å². The van der Waals surface area contributed by atoms with E-state index in [1.54, 1.807) is 29.7 Å². The molecule has 2 aromatic heterocycles. The quantitative estimate of drug-likeness (QED) is 0.490. The van der Waals surface area contributed by atoms with Gasteiger partial charge in [0.05, 0.1) is 32.6 Å². The average Bonchev–Trinajstić information content (AvgIpc) is 3.27. The summed E-state index contributed by atoms with van der Waals surface area (Å²) in [5, 5.41) is 19.7. The normalized spacial score (nSPS) is 10.5. The van der Waals surface area contributed by atoms with Crippen LogP contribution >= 0.6 is 22.7 Å². The van der Waals surface area contributed by atoms with Crippen LogP contribution in [0.2, 0.25) is 0 Å². The lowest BCUT2D eigenvalue weighted by atomic mass is 10.1. The minimum Gasteiger partial charge on any atom is -0.387 e. The zero-order chi connectivity index (χ0) is 18.7. The van der Waals surface area contributed by atoms with E-state index in [2.05, 4.69) is 15.6 Å². The highest BCUT2D eigenvalue weighted by Crippen LogP contribution is 2.29. The predicted octanol–water partition coefficient (Wildman–Crippen LogP) is 4.06. The van der Waals surface area contributed by atoms with Crippen molar-refractivity contribution in [1.82, 2.24) is 10.3 Å². The summed E-state index contributed by atoms with van der Waals surface area (Å²) >= 11 is 3.16. The first-order chi connectivity index (χ1) is 12.5. The molecule has 0 aliphatic heterocycles. The van der Waals surface area contributed by atoms with Crippen molar-refractivity contribution in [2.75, 3.05) is 12.4 Å². The van der Waals surface area contributed by atoms with Crippen molar-refractivity contribution in [1.29, 1.82) is 0 Å².